The van der Waals surface area contributed by atoms with E-state index in [0.717, 1.165) is 16.5 Å². The van der Waals surface area contributed by atoms with Crippen LogP contribution in [0.2, 0.25) is 5.02 Å². The maximum absolute atomic E-state index is 12.7. The van der Waals surface area contributed by atoms with Gasteiger partial charge in [0.1, 0.15) is 6.54 Å². The number of carbonyl (C=O) groups is 3. The lowest BCUT2D eigenvalue weighted by Crippen LogP contribution is -2.36. The largest absolute Gasteiger partial charge is 0.500 e. The Bertz CT molecular complexity index is 1200. The number of benzene rings is 2. The number of aryl methyl sites for hydroxylation is 1. The van der Waals surface area contributed by atoms with Crippen LogP contribution in [0.4, 0.5) is 16.2 Å². The second-order valence-corrected chi connectivity index (χ2v) is 8.28. The van der Waals surface area contributed by atoms with Gasteiger partial charge in [-0.25, -0.2) is 0 Å². The zero-order valence-corrected chi connectivity index (χ0v) is 19.0. The maximum Gasteiger partial charge on any atom is 0.315 e. The number of phenols is 1. The predicted octanol–water partition coefficient (Wildman–Crippen LogP) is 4.34. The van der Waals surface area contributed by atoms with Crippen LogP contribution in [-0.2, 0) is 9.59 Å². The van der Waals surface area contributed by atoms with Gasteiger partial charge in [-0.05, 0) is 61.0 Å². The highest BCUT2D eigenvalue weighted by molar-refractivity contribution is 8.18. The number of aromatic hydroxyl groups is 1. The lowest BCUT2D eigenvalue weighted by molar-refractivity contribution is -0.386. The molecule has 0 saturated carbocycles. The lowest BCUT2D eigenvalue weighted by atomic mass is 10.1. The minimum atomic E-state index is -0.789. The number of rotatable bonds is 7. The van der Waals surface area contributed by atoms with Gasteiger partial charge in [0, 0.05) is 16.8 Å². The van der Waals surface area contributed by atoms with E-state index in [9.17, 15) is 29.6 Å². The van der Waals surface area contributed by atoms with Crippen LogP contribution in [0, 0.1) is 17.0 Å². The lowest BCUT2D eigenvalue weighted by Gasteiger charge is -2.13. The standard InChI is InChI=1S/C21H18ClN3O7S/c1-3-32-16-7-12(6-15(19(16)27)25(30)31)8-17-20(28)24(21(29)33-17)10-18(26)23-14-9-13(22)5-4-11(14)2/h4-9,27H,3,10H2,1-2H3,(H,23,26)/b17-8-. The number of nitrogens with one attached hydrogen (secondary N) is 1. The van der Waals surface area contributed by atoms with Gasteiger partial charge >= 0.3 is 5.69 Å². The van der Waals surface area contributed by atoms with Crippen molar-refractivity contribution in [1.82, 2.24) is 4.90 Å². The average molecular weight is 492 g/mol. The Labute approximate surface area is 197 Å². The number of hydrogen-bond donors (Lipinski definition) is 2. The monoisotopic (exact) mass is 491 g/mol. The molecule has 1 aliphatic rings. The summed E-state index contributed by atoms with van der Waals surface area (Å²) in [5, 5.41) is 23.6. The molecule has 2 aromatic carbocycles. The van der Waals surface area contributed by atoms with E-state index in [1.54, 1.807) is 32.0 Å². The third kappa shape index (κ3) is 5.44. The number of anilines is 1. The van der Waals surface area contributed by atoms with Crippen molar-refractivity contribution >= 4 is 57.9 Å². The van der Waals surface area contributed by atoms with Crippen molar-refractivity contribution in [3.63, 3.8) is 0 Å². The molecule has 1 heterocycles. The summed E-state index contributed by atoms with van der Waals surface area (Å²) >= 11 is 6.53. The summed E-state index contributed by atoms with van der Waals surface area (Å²) in [4.78, 5) is 48.7. The minimum Gasteiger partial charge on any atom is -0.500 e. The van der Waals surface area contributed by atoms with E-state index in [-0.39, 0.29) is 22.8 Å². The highest BCUT2D eigenvalue weighted by Gasteiger charge is 2.36. The number of halogens is 1. The van der Waals surface area contributed by atoms with E-state index in [0.29, 0.717) is 22.5 Å². The zero-order valence-electron chi connectivity index (χ0n) is 17.5. The fraction of sp³-hybridized carbons (Fsp3) is 0.190. The highest BCUT2D eigenvalue weighted by atomic mass is 35.5. The van der Waals surface area contributed by atoms with Crippen LogP contribution < -0.4 is 10.1 Å². The van der Waals surface area contributed by atoms with Gasteiger partial charge in [-0.2, -0.15) is 0 Å². The number of nitro benzene ring substituents is 1. The van der Waals surface area contributed by atoms with Crippen molar-refractivity contribution < 1.29 is 29.2 Å². The molecule has 0 spiro atoms. The molecule has 3 amide bonds. The molecule has 0 atom stereocenters. The fourth-order valence-electron chi connectivity index (χ4n) is 2.95. The molecule has 0 radical (unpaired) electrons. The summed E-state index contributed by atoms with van der Waals surface area (Å²) in [6, 6.07) is 7.30. The van der Waals surface area contributed by atoms with Crippen LogP contribution in [-0.4, -0.2) is 45.1 Å². The van der Waals surface area contributed by atoms with E-state index < -0.39 is 40.0 Å². The third-order valence-corrected chi connectivity index (χ3v) is 5.66. The van der Waals surface area contributed by atoms with Crippen LogP contribution >= 0.6 is 23.4 Å². The van der Waals surface area contributed by atoms with Crippen LogP contribution in [0.5, 0.6) is 11.5 Å². The molecular weight excluding hydrogens is 474 g/mol. The molecule has 1 fully saturated rings. The van der Waals surface area contributed by atoms with E-state index in [1.807, 2.05) is 0 Å². The number of hydrogen-bond acceptors (Lipinski definition) is 8. The van der Waals surface area contributed by atoms with Gasteiger partial charge in [-0.15, -0.1) is 0 Å². The molecule has 0 bridgehead atoms. The predicted molar refractivity (Wildman–Crippen MR) is 123 cm³/mol. The summed E-state index contributed by atoms with van der Waals surface area (Å²) in [6.45, 7) is 3.03. The Morgan fingerprint density at radius 1 is 1.33 bits per heavy atom. The second kappa shape index (κ2) is 9.92. The molecular formula is C21H18ClN3O7S. The first kappa shape index (κ1) is 24.1. The van der Waals surface area contributed by atoms with Crippen molar-refractivity contribution in [3.05, 3.63) is 61.5 Å². The maximum atomic E-state index is 12.7. The molecule has 33 heavy (non-hydrogen) atoms. The summed E-state index contributed by atoms with van der Waals surface area (Å²) in [5.74, 6) is -2.09. The summed E-state index contributed by atoms with van der Waals surface area (Å²) in [5.41, 5.74) is 0.769. The molecule has 1 aliphatic heterocycles. The van der Waals surface area contributed by atoms with E-state index in [2.05, 4.69) is 5.32 Å². The molecule has 10 nitrogen and oxygen atoms in total. The number of phenolic OH excluding ortho intramolecular Hbond substituents is 1. The van der Waals surface area contributed by atoms with Gasteiger partial charge in [0.2, 0.25) is 11.7 Å². The number of nitrogens with zero attached hydrogens (tertiary/aromatic N) is 2. The Kier molecular flexibility index (Phi) is 7.24. The summed E-state index contributed by atoms with van der Waals surface area (Å²) in [7, 11) is 0. The van der Waals surface area contributed by atoms with Gasteiger partial charge in [-0.3, -0.25) is 29.4 Å². The first-order valence-corrected chi connectivity index (χ1v) is 10.8. The first-order valence-electron chi connectivity index (χ1n) is 9.56. The van der Waals surface area contributed by atoms with Crippen molar-refractivity contribution in [1.29, 1.82) is 0 Å². The quantitative estimate of drug-likeness (QED) is 0.331. The molecule has 3 rings (SSSR count). The van der Waals surface area contributed by atoms with Gasteiger partial charge < -0.3 is 15.2 Å². The molecule has 172 valence electrons. The summed E-state index contributed by atoms with van der Waals surface area (Å²) in [6.07, 6.45) is 1.26. The van der Waals surface area contributed by atoms with E-state index >= 15 is 0 Å². The van der Waals surface area contributed by atoms with Crippen LogP contribution in [0.3, 0.4) is 0 Å². The topological polar surface area (TPSA) is 139 Å². The van der Waals surface area contributed by atoms with Gasteiger partial charge in [0.05, 0.1) is 16.4 Å². The van der Waals surface area contributed by atoms with Gasteiger partial charge in [-0.1, -0.05) is 17.7 Å². The van der Waals surface area contributed by atoms with Crippen molar-refractivity contribution in [3.8, 4) is 11.5 Å². The molecule has 0 aliphatic carbocycles. The normalized spacial score (nSPS) is 14.6. The average Bonchev–Trinajstić information content (AvgIpc) is 3.00. The Morgan fingerprint density at radius 2 is 2.06 bits per heavy atom. The van der Waals surface area contributed by atoms with Crippen LogP contribution in [0.15, 0.2) is 35.2 Å². The Hall–Kier alpha value is -3.57. The summed E-state index contributed by atoms with van der Waals surface area (Å²) < 4.78 is 5.21. The molecule has 1 saturated heterocycles. The van der Waals surface area contributed by atoms with E-state index in [1.165, 1.54) is 12.1 Å². The molecule has 2 N–H and O–H groups in total. The number of ether oxygens (including phenoxy) is 1. The van der Waals surface area contributed by atoms with Crippen molar-refractivity contribution in [2.24, 2.45) is 0 Å². The molecule has 12 heteroatoms. The van der Waals surface area contributed by atoms with Crippen LogP contribution in [0.1, 0.15) is 18.1 Å². The van der Waals surface area contributed by atoms with Gasteiger partial charge in [0.25, 0.3) is 11.1 Å². The SMILES string of the molecule is CCOc1cc(/C=C2\SC(=O)N(CC(=O)Nc3cc(Cl)ccc3C)C2=O)cc([N+](=O)[O-])c1O. The number of imide groups is 1. The number of amides is 3. The minimum absolute atomic E-state index is 0.0332. The molecule has 0 unspecified atom stereocenters. The van der Waals surface area contributed by atoms with Crippen molar-refractivity contribution in [2.45, 2.75) is 13.8 Å². The third-order valence-electron chi connectivity index (χ3n) is 4.52. The second-order valence-electron chi connectivity index (χ2n) is 6.85. The van der Waals surface area contributed by atoms with Crippen molar-refractivity contribution in [2.75, 3.05) is 18.5 Å². The highest BCUT2D eigenvalue weighted by Crippen LogP contribution is 2.39. The number of carbonyl (C=O) groups excluding carboxylic acids is 3. The number of thioether (sulfide) groups is 1. The molecule has 2 aromatic rings. The zero-order chi connectivity index (χ0) is 24.3. The van der Waals surface area contributed by atoms with Crippen LogP contribution in [0.25, 0.3) is 6.08 Å². The number of nitro groups is 1. The Morgan fingerprint density at radius 3 is 2.73 bits per heavy atom. The smallest absolute Gasteiger partial charge is 0.315 e. The fourth-order valence-corrected chi connectivity index (χ4v) is 3.96. The Balaban J connectivity index is 1.81. The van der Waals surface area contributed by atoms with Gasteiger partial charge in [0.15, 0.2) is 5.75 Å². The first-order chi connectivity index (χ1) is 15.6. The molecule has 0 aromatic heterocycles. The van der Waals surface area contributed by atoms with E-state index in [4.69, 9.17) is 16.3 Å².